The summed E-state index contributed by atoms with van der Waals surface area (Å²) in [5, 5.41) is 9.53. The molecule has 0 N–H and O–H groups in total. The van der Waals surface area contributed by atoms with Crippen molar-refractivity contribution in [3.05, 3.63) is 53.2 Å². The number of piperidine rings is 1. The van der Waals surface area contributed by atoms with Gasteiger partial charge in [0.25, 0.3) is 0 Å². The molecule has 5 nitrogen and oxygen atoms in total. The van der Waals surface area contributed by atoms with Crippen molar-refractivity contribution in [1.29, 1.82) is 0 Å². The topological polar surface area (TPSA) is 46.3 Å². The van der Waals surface area contributed by atoms with Gasteiger partial charge in [-0.05, 0) is 56.5 Å². The third-order valence-electron chi connectivity index (χ3n) is 5.31. The number of anilines is 1. The fraction of sp³-hybridized carbons (Fsp3) is 0.286. The molecule has 1 fully saturated rings. The quantitative estimate of drug-likeness (QED) is 0.498. The lowest BCUT2D eigenvalue weighted by Crippen LogP contribution is -2.29. The number of hydrogen-bond acceptors (Lipinski definition) is 4. The minimum Gasteiger partial charge on any atom is -0.371 e. The lowest BCUT2D eigenvalue weighted by molar-refractivity contribution is 0.578. The molecule has 0 unspecified atom stereocenters. The van der Waals surface area contributed by atoms with E-state index in [0.717, 1.165) is 46.9 Å². The van der Waals surface area contributed by atoms with Crippen molar-refractivity contribution in [2.24, 2.45) is 0 Å². The molecule has 1 aliphatic rings. The molecular weight excluding hydrogens is 358 g/mol. The van der Waals surface area contributed by atoms with Gasteiger partial charge in [0.15, 0.2) is 5.65 Å². The average molecular weight is 378 g/mol. The standard InChI is InChI=1S/C21H20ClN5/c1-14-20-25-24-18-10-9-15(26-11-5-2-6-12-26)13-19(18)27(20)21(23-14)16-7-3-4-8-17(16)22/h3-4,7-10,13H,2,5-6,11-12H2,1H3. The number of nitrogens with zero attached hydrogens (tertiary/aromatic N) is 5. The molecule has 0 spiro atoms. The number of imidazole rings is 1. The molecule has 0 atom stereocenters. The van der Waals surface area contributed by atoms with E-state index in [0.29, 0.717) is 5.02 Å². The van der Waals surface area contributed by atoms with Crippen molar-refractivity contribution in [2.45, 2.75) is 26.2 Å². The monoisotopic (exact) mass is 377 g/mol. The zero-order chi connectivity index (χ0) is 18.4. The largest absolute Gasteiger partial charge is 0.371 e. The Morgan fingerprint density at radius 1 is 0.963 bits per heavy atom. The Kier molecular flexibility index (Phi) is 3.97. The Labute approximate surface area is 162 Å². The van der Waals surface area contributed by atoms with E-state index in [1.54, 1.807) is 0 Å². The van der Waals surface area contributed by atoms with E-state index in [2.05, 4.69) is 37.7 Å². The van der Waals surface area contributed by atoms with Gasteiger partial charge in [0.05, 0.1) is 16.2 Å². The van der Waals surface area contributed by atoms with Crippen LogP contribution in [-0.2, 0) is 0 Å². The lowest BCUT2D eigenvalue weighted by Gasteiger charge is -2.29. The minimum atomic E-state index is 0.682. The summed E-state index contributed by atoms with van der Waals surface area (Å²) in [5.74, 6) is 0.809. The maximum absolute atomic E-state index is 6.48. The Hall–Kier alpha value is -2.66. The summed E-state index contributed by atoms with van der Waals surface area (Å²) in [6.07, 6.45) is 3.81. The van der Waals surface area contributed by atoms with E-state index >= 15 is 0 Å². The first-order chi connectivity index (χ1) is 13.2. The Bertz CT molecular complexity index is 1140. The maximum atomic E-state index is 6.48. The molecule has 0 aliphatic carbocycles. The number of halogens is 1. The van der Waals surface area contributed by atoms with Crippen molar-refractivity contribution in [2.75, 3.05) is 18.0 Å². The molecule has 2 aromatic carbocycles. The predicted octanol–water partition coefficient (Wildman–Crippen LogP) is 4.90. The van der Waals surface area contributed by atoms with Crippen LogP contribution in [-0.4, -0.2) is 32.7 Å². The van der Waals surface area contributed by atoms with E-state index in [1.807, 2.05) is 31.2 Å². The molecule has 5 rings (SSSR count). The van der Waals surface area contributed by atoms with Gasteiger partial charge in [0.2, 0.25) is 0 Å². The molecule has 1 aliphatic heterocycles. The van der Waals surface area contributed by atoms with Gasteiger partial charge in [-0.1, -0.05) is 23.7 Å². The highest BCUT2D eigenvalue weighted by atomic mass is 35.5. The van der Waals surface area contributed by atoms with Gasteiger partial charge < -0.3 is 4.90 Å². The van der Waals surface area contributed by atoms with E-state index in [1.165, 1.54) is 24.9 Å². The van der Waals surface area contributed by atoms with Gasteiger partial charge in [-0.25, -0.2) is 4.98 Å². The fourth-order valence-electron chi connectivity index (χ4n) is 3.91. The third-order valence-corrected chi connectivity index (χ3v) is 5.64. The van der Waals surface area contributed by atoms with Crippen LogP contribution in [0.15, 0.2) is 42.5 Å². The molecule has 0 saturated carbocycles. The molecule has 0 amide bonds. The number of aryl methyl sites for hydroxylation is 1. The number of rotatable bonds is 2. The SMILES string of the molecule is Cc1nc(-c2ccccc2Cl)n2c1nnc1ccc(N3CCCCC3)cc12. The highest BCUT2D eigenvalue weighted by molar-refractivity contribution is 6.33. The summed E-state index contributed by atoms with van der Waals surface area (Å²) in [7, 11) is 0. The van der Waals surface area contributed by atoms with Gasteiger partial charge in [-0.2, -0.15) is 0 Å². The second kappa shape index (κ2) is 6.50. The lowest BCUT2D eigenvalue weighted by atomic mass is 10.1. The van der Waals surface area contributed by atoms with E-state index in [9.17, 15) is 0 Å². The Morgan fingerprint density at radius 2 is 1.78 bits per heavy atom. The Balaban J connectivity index is 1.79. The molecule has 27 heavy (non-hydrogen) atoms. The van der Waals surface area contributed by atoms with Crippen LogP contribution in [0.3, 0.4) is 0 Å². The predicted molar refractivity (Wildman–Crippen MR) is 110 cm³/mol. The normalized spacial score (nSPS) is 15.0. The molecular formula is C21H20ClN5. The number of hydrogen-bond donors (Lipinski definition) is 0. The third kappa shape index (κ3) is 2.73. The first kappa shape index (κ1) is 16.5. The molecule has 0 radical (unpaired) electrons. The van der Waals surface area contributed by atoms with Gasteiger partial charge in [0.1, 0.15) is 11.3 Å². The zero-order valence-corrected chi connectivity index (χ0v) is 15.9. The smallest absolute Gasteiger partial charge is 0.183 e. The number of fused-ring (bicyclic) bond motifs is 3. The molecule has 0 bridgehead atoms. The zero-order valence-electron chi connectivity index (χ0n) is 15.2. The van der Waals surface area contributed by atoms with Crippen molar-refractivity contribution >= 4 is 34.0 Å². The van der Waals surface area contributed by atoms with E-state index in [4.69, 9.17) is 16.6 Å². The van der Waals surface area contributed by atoms with Crippen LogP contribution in [0.1, 0.15) is 25.0 Å². The van der Waals surface area contributed by atoms with Crippen LogP contribution < -0.4 is 4.90 Å². The Morgan fingerprint density at radius 3 is 2.59 bits per heavy atom. The summed E-state index contributed by atoms with van der Waals surface area (Å²) in [6, 6.07) is 14.2. The van der Waals surface area contributed by atoms with E-state index in [-0.39, 0.29) is 0 Å². The van der Waals surface area contributed by atoms with Crippen molar-refractivity contribution in [3.63, 3.8) is 0 Å². The molecule has 136 valence electrons. The molecule has 3 heterocycles. The molecule has 4 aromatic rings. The van der Waals surface area contributed by atoms with Crippen LogP contribution in [0.2, 0.25) is 5.02 Å². The summed E-state index contributed by atoms with van der Waals surface area (Å²) in [4.78, 5) is 7.23. The highest BCUT2D eigenvalue weighted by Crippen LogP contribution is 2.31. The first-order valence-corrected chi connectivity index (χ1v) is 9.75. The average Bonchev–Trinajstić information content (AvgIpc) is 3.05. The van der Waals surface area contributed by atoms with Crippen LogP contribution in [0.5, 0.6) is 0 Å². The number of aromatic nitrogens is 4. The van der Waals surface area contributed by atoms with Crippen LogP contribution >= 0.6 is 11.6 Å². The molecule has 1 saturated heterocycles. The second-order valence-electron chi connectivity index (χ2n) is 7.08. The van der Waals surface area contributed by atoms with Crippen molar-refractivity contribution in [1.82, 2.24) is 19.6 Å². The summed E-state index contributed by atoms with van der Waals surface area (Å²) in [6.45, 7) is 4.17. The molecule has 2 aromatic heterocycles. The molecule has 6 heteroatoms. The minimum absolute atomic E-state index is 0.682. The van der Waals surface area contributed by atoms with Crippen LogP contribution in [0, 0.1) is 6.92 Å². The van der Waals surface area contributed by atoms with Crippen LogP contribution in [0.25, 0.3) is 28.1 Å². The summed E-state index contributed by atoms with van der Waals surface area (Å²) < 4.78 is 2.09. The van der Waals surface area contributed by atoms with Gasteiger partial charge in [-0.3, -0.25) is 4.40 Å². The van der Waals surface area contributed by atoms with Gasteiger partial charge >= 0.3 is 0 Å². The highest BCUT2D eigenvalue weighted by Gasteiger charge is 2.18. The van der Waals surface area contributed by atoms with Gasteiger partial charge in [0, 0.05) is 24.3 Å². The number of benzene rings is 2. The van der Waals surface area contributed by atoms with Crippen molar-refractivity contribution < 1.29 is 0 Å². The first-order valence-electron chi connectivity index (χ1n) is 9.38. The summed E-state index contributed by atoms with van der Waals surface area (Å²) in [5.41, 5.74) is 5.62. The van der Waals surface area contributed by atoms with Gasteiger partial charge in [-0.15, -0.1) is 10.2 Å². The maximum Gasteiger partial charge on any atom is 0.183 e. The van der Waals surface area contributed by atoms with E-state index < -0.39 is 0 Å². The second-order valence-corrected chi connectivity index (χ2v) is 7.49. The van der Waals surface area contributed by atoms with Crippen LogP contribution in [0.4, 0.5) is 5.69 Å². The fourth-order valence-corrected chi connectivity index (χ4v) is 4.14. The van der Waals surface area contributed by atoms with Crippen molar-refractivity contribution in [3.8, 4) is 11.4 Å². The summed E-state index contributed by atoms with van der Waals surface area (Å²) >= 11 is 6.48.